The number of anilines is 1. The molecule has 1 aliphatic heterocycles. The highest BCUT2D eigenvalue weighted by Crippen LogP contribution is 2.32. The van der Waals surface area contributed by atoms with Crippen molar-refractivity contribution in [3.8, 4) is 5.75 Å². The molecule has 94 valence electrons. The number of nitrogens with zero attached hydrogens (tertiary/aromatic N) is 2. The third kappa shape index (κ3) is 2.20. The topological polar surface area (TPSA) is 25.4 Å². The fourth-order valence-corrected chi connectivity index (χ4v) is 3.02. The number of fused-ring (bicyclic) bond motifs is 1. The van der Waals surface area contributed by atoms with E-state index in [9.17, 15) is 0 Å². The monoisotopic (exact) mass is 260 g/mol. The third-order valence-corrected chi connectivity index (χ3v) is 4.23. The second-order valence-corrected chi connectivity index (χ2v) is 5.51. The van der Waals surface area contributed by atoms with E-state index >= 15 is 0 Å². The molecule has 0 bridgehead atoms. The van der Waals surface area contributed by atoms with Gasteiger partial charge in [0.15, 0.2) is 0 Å². The minimum absolute atomic E-state index is 0.753. The number of aryl methyl sites for hydroxylation is 1. The van der Waals surface area contributed by atoms with Gasteiger partial charge < -0.3 is 9.64 Å². The van der Waals surface area contributed by atoms with E-state index in [1.165, 1.54) is 15.6 Å². The van der Waals surface area contributed by atoms with E-state index in [2.05, 4.69) is 28.9 Å². The Bertz CT molecular complexity index is 538. The van der Waals surface area contributed by atoms with Crippen LogP contribution in [0, 0.1) is 0 Å². The highest BCUT2D eigenvalue weighted by Gasteiger charge is 2.18. The van der Waals surface area contributed by atoms with E-state index in [4.69, 9.17) is 4.74 Å². The van der Waals surface area contributed by atoms with E-state index in [1.54, 1.807) is 0 Å². The van der Waals surface area contributed by atoms with E-state index in [-0.39, 0.29) is 0 Å². The Hall–Kier alpha value is -1.55. The Kier molecular flexibility index (Phi) is 3.19. The largest absolute Gasteiger partial charge is 0.490 e. The molecule has 0 atom stereocenters. The highest BCUT2D eigenvalue weighted by molar-refractivity contribution is 7.11. The van der Waals surface area contributed by atoms with E-state index in [1.807, 2.05) is 29.7 Å². The predicted octanol–water partition coefficient (Wildman–Crippen LogP) is 3.10. The van der Waals surface area contributed by atoms with Gasteiger partial charge in [0.05, 0.1) is 18.8 Å². The second-order valence-electron chi connectivity index (χ2n) is 4.31. The molecule has 0 spiro atoms. The van der Waals surface area contributed by atoms with Crippen molar-refractivity contribution in [2.24, 2.45) is 0 Å². The van der Waals surface area contributed by atoms with Gasteiger partial charge in [-0.2, -0.15) is 0 Å². The van der Waals surface area contributed by atoms with Gasteiger partial charge in [0.25, 0.3) is 0 Å². The molecule has 1 aliphatic rings. The summed E-state index contributed by atoms with van der Waals surface area (Å²) < 4.78 is 5.66. The number of ether oxygens (including phenoxy) is 1. The fraction of sp³-hybridized carbons (Fsp3) is 0.357. The van der Waals surface area contributed by atoms with E-state index in [0.29, 0.717) is 0 Å². The lowest BCUT2D eigenvalue weighted by molar-refractivity contribution is 0.307. The summed E-state index contributed by atoms with van der Waals surface area (Å²) in [7, 11) is 0. The first kappa shape index (κ1) is 11.5. The molecular formula is C14H16N2OS. The smallest absolute Gasteiger partial charge is 0.142 e. The number of rotatable bonds is 3. The first-order valence-electron chi connectivity index (χ1n) is 6.27. The van der Waals surface area contributed by atoms with Crippen molar-refractivity contribution in [1.29, 1.82) is 0 Å². The van der Waals surface area contributed by atoms with Crippen LogP contribution in [0.15, 0.2) is 30.5 Å². The molecule has 3 rings (SSSR count). The molecule has 1 aromatic carbocycles. The van der Waals surface area contributed by atoms with Crippen molar-refractivity contribution in [1.82, 2.24) is 4.98 Å². The summed E-state index contributed by atoms with van der Waals surface area (Å²) in [6.07, 6.45) is 3.06. The number of para-hydroxylation sites is 2. The van der Waals surface area contributed by atoms with E-state index < -0.39 is 0 Å². The summed E-state index contributed by atoms with van der Waals surface area (Å²) in [5.74, 6) is 0.982. The first-order valence-corrected chi connectivity index (χ1v) is 7.09. The maximum atomic E-state index is 5.66. The van der Waals surface area contributed by atoms with Crippen molar-refractivity contribution in [3.63, 3.8) is 0 Å². The summed E-state index contributed by atoms with van der Waals surface area (Å²) in [5, 5.41) is 1.18. The van der Waals surface area contributed by atoms with Crippen molar-refractivity contribution in [2.45, 2.75) is 19.9 Å². The van der Waals surface area contributed by atoms with E-state index in [0.717, 1.165) is 31.9 Å². The maximum absolute atomic E-state index is 5.66. The van der Waals surface area contributed by atoms with Gasteiger partial charge in [-0.15, -0.1) is 11.3 Å². The standard InChI is InChI=1S/C14H16N2OS/c1-2-11-9-15-14(18-11)10-16-7-8-17-13-6-4-3-5-12(13)16/h3-6,9H,2,7-8,10H2,1H3. The zero-order valence-electron chi connectivity index (χ0n) is 10.4. The van der Waals surface area contributed by atoms with Gasteiger partial charge in [-0.3, -0.25) is 0 Å². The molecule has 2 heterocycles. The number of hydrogen-bond acceptors (Lipinski definition) is 4. The van der Waals surface area contributed by atoms with Gasteiger partial charge >= 0.3 is 0 Å². The fourth-order valence-electron chi connectivity index (χ4n) is 2.14. The van der Waals surface area contributed by atoms with Gasteiger partial charge in [0.1, 0.15) is 17.4 Å². The van der Waals surface area contributed by atoms with Crippen molar-refractivity contribution >= 4 is 17.0 Å². The Morgan fingerprint density at radius 2 is 2.28 bits per heavy atom. The van der Waals surface area contributed by atoms with Gasteiger partial charge in [-0.05, 0) is 18.6 Å². The number of aromatic nitrogens is 1. The molecule has 18 heavy (non-hydrogen) atoms. The zero-order chi connectivity index (χ0) is 12.4. The molecule has 2 aromatic rings. The Morgan fingerprint density at radius 3 is 3.11 bits per heavy atom. The summed E-state index contributed by atoms with van der Waals surface area (Å²) in [6, 6.07) is 8.21. The molecule has 0 radical (unpaired) electrons. The first-order chi connectivity index (χ1) is 8.86. The van der Waals surface area contributed by atoms with Crippen LogP contribution >= 0.6 is 11.3 Å². The summed E-state index contributed by atoms with van der Waals surface area (Å²) >= 11 is 1.81. The SMILES string of the molecule is CCc1cnc(CN2CCOc3ccccc32)s1. The Labute approximate surface area is 111 Å². The molecule has 0 amide bonds. The van der Waals surface area contributed by atoms with Crippen LogP contribution < -0.4 is 9.64 Å². The van der Waals surface area contributed by atoms with Crippen LogP contribution in [0.3, 0.4) is 0 Å². The van der Waals surface area contributed by atoms with Crippen molar-refractivity contribution < 1.29 is 4.74 Å². The number of hydrogen-bond donors (Lipinski definition) is 0. The quantitative estimate of drug-likeness (QED) is 0.848. The molecule has 0 unspecified atom stereocenters. The zero-order valence-corrected chi connectivity index (χ0v) is 11.2. The molecule has 0 aliphatic carbocycles. The summed E-state index contributed by atoms with van der Waals surface area (Å²) in [6.45, 7) is 4.73. The lowest BCUT2D eigenvalue weighted by atomic mass is 10.2. The molecule has 3 nitrogen and oxygen atoms in total. The average Bonchev–Trinajstić information content (AvgIpc) is 2.87. The Morgan fingerprint density at radius 1 is 1.39 bits per heavy atom. The normalized spacial score (nSPS) is 14.2. The summed E-state index contributed by atoms with van der Waals surface area (Å²) in [5.41, 5.74) is 1.18. The second kappa shape index (κ2) is 4.98. The van der Waals surface area contributed by atoms with Crippen LogP contribution in [0.5, 0.6) is 5.75 Å². The molecule has 0 N–H and O–H groups in total. The van der Waals surface area contributed by atoms with Crippen LogP contribution in [0.1, 0.15) is 16.8 Å². The average molecular weight is 260 g/mol. The molecule has 0 saturated carbocycles. The Balaban J connectivity index is 1.81. The van der Waals surface area contributed by atoms with Crippen LogP contribution in [0.4, 0.5) is 5.69 Å². The third-order valence-electron chi connectivity index (χ3n) is 3.10. The van der Waals surface area contributed by atoms with Crippen molar-refractivity contribution in [2.75, 3.05) is 18.1 Å². The predicted molar refractivity (Wildman–Crippen MR) is 74.5 cm³/mol. The molecule has 1 aromatic heterocycles. The highest BCUT2D eigenvalue weighted by atomic mass is 32.1. The molecule has 4 heteroatoms. The van der Waals surface area contributed by atoms with Gasteiger partial charge in [0, 0.05) is 11.1 Å². The minimum Gasteiger partial charge on any atom is -0.490 e. The number of benzene rings is 1. The number of thiazole rings is 1. The van der Waals surface area contributed by atoms with Gasteiger partial charge in [-0.1, -0.05) is 19.1 Å². The van der Waals surface area contributed by atoms with Crippen LogP contribution in [-0.4, -0.2) is 18.1 Å². The minimum atomic E-state index is 0.753. The lowest BCUT2D eigenvalue weighted by Crippen LogP contribution is -2.32. The van der Waals surface area contributed by atoms with Crippen molar-refractivity contribution in [3.05, 3.63) is 40.3 Å². The lowest BCUT2D eigenvalue weighted by Gasteiger charge is -2.30. The van der Waals surface area contributed by atoms with Crippen LogP contribution in [0.2, 0.25) is 0 Å². The summed E-state index contributed by atoms with van der Waals surface area (Å²) in [4.78, 5) is 8.19. The maximum Gasteiger partial charge on any atom is 0.142 e. The van der Waals surface area contributed by atoms with Gasteiger partial charge in [0.2, 0.25) is 0 Å². The van der Waals surface area contributed by atoms with Crippen LogP contribution in [0.25, 0.3) is 0 Å². The molecular weight excluding hydrogens is 244 g/mol. The van der Waals surface area contributed by atoms with Gasteiger partial charge in [-0.25, -0.2) is 4.98 Å². The molecule has 0 fully saturated rings. The van der Waals surface area contributed by atoms with Crippen LogP contribution in [-0.2, 0) is 13.0 Å². The molecule has 0 saturated heterocycles.